The Morgan fingerprint density at radius 2 is 1.94 bits per heavy atom. The predicted molar refractivity (Wildman–Crippen MR) is 51.7 cm³/mol. The van der Waals surface area contributed by atoms with Gasteiger partial charge in [0.05, 0.1) is 5.69 Å². The van der Waals surface area contributed by atoms with E-state index in [0.717, 1.165) is 12.1 Å². The second-order valence-electron chi connectivity index (χ2n) is 3.15. The van der Waals surface area contributed by atoms with E-state index >= 15 is 0 Å². The molecule has 0 amide bonds. The van der Waals surface area contributed by atoms with Gasteiger partial charge in [-0.05, 0) is 18.6 Å². The largest absolute Gasteiger partial charge is 0.481 e. The van der Waals surface area contributed by atoms with Crippen LogP contribution in [0.1, 0.15) is 12.8 Å². The monoisotopic (exact) mass is 233 g/mol. The number of carboxylic acids is 1. The van der Waals surface area contributed by atoms with Gasteiger partial charge in [0.25, 0.3) is 0 Å². The van der Waals surface area contributed by atoms with Gasteiger partial charge in [-0.2, -0.15) is 0 Å². The van der Waals surface area contributed by atoms with E-state index in [-0.39, 0.29) is 25.1 Å². The molecule has 0 aliphatic carbocycles. The van der Waals surface area contributed by atoms with Crippen molar-refractivity contribution in [3.05, 3.63) is 29.6 Å². The molecule has 0 radical (unpaired) electrons. The number of nitrogens with one attached hydrogen (secondary N) is 1. The lowest BCUT2D eigenvalue weighted by molar-refractivity contribution is -0.137. The third kappa shape index (κ3) is 3.15. The first-order valence-electron chi connectivity index (χ1n) is 4.61. The molecule has 3 nitrogen and oxygen atoms in total. The molecule has 0 saturated heterocycles. The fourth-order valence-corrected chi connectivity index (χ4v) is 1.13. The molecule has 0 aliphatic heterocycles. The molecule has 88 valence electrons. The molecule has 0 spiro atoms. The number of carbonyl (C=O) groups is 1. The highest BCUT2D eigenvalue weighted by Gasteiger charge is 2.12. The summed E-state index contributed by atoms with van der Waals surface area (Å²) >= 11 is 0. The van der Waals surface area contributed by atoms with Gasteiger partial charge in [-0.15, -0.1) is 0 Å². The van der Waals surface area contributed by atoms with Crippen LogP contribution in [0.4, 0.5) is 18.9 Å². The minimum absolute atomic E-state index is 0.0711. The molecule has 0 atom stereocenters. The van der Waals surface area contributed by atoms with Crippen molar-refractivity contribution in [1.29, 1.82) is 0 Å². The summed E-state index contributed by atoms with van der Waals surface area (Å²) in [5.74, 6) is -5.06. The van der Waals surface area contributed by atoms with Crippen LogP contribution in [0.2, 0.25) is 0 Å². The van der Waals surface area contributed by atoms with Gasteiger partial charge in [0.15, 0.2) is 17.5 Å². The van der Waals surface area contributed by atoms with Crippen molar-refractivity contribution >= 4 is 11.7 Å². The number of anilines is 1. The number of benzene rings is 1. The van der Waals surface area contributed by atoms with Crippen molar-refractivity contribution in [1.82, 2.24) is 0 Å². The summed E-state index contributed by atoms with van der Waals surface area (Å²) in [4.78, 5) is 10.2. The average Bonchev–Trinajstić information content (AvgIpc) is 2.23. The first-order chi connectivity index (χ1) is 7.52. The topological polar surface area (TPSA) is 49.3 Å². The van der Waals surface area contributed by atoms with Crippen LogP contribution in [-0.2, 0) is 4.79 Å². The number of halogens is 3. The van der Waals surface area contributed by atoms with Gasteiger partial charge in [-0.1, -0.05) is 0 Å². The second-order valence-corrected chi connectivity index (χ2v) is 3.15. The van der Waals surface area contributed by atoms with E-state index < -0.39 is 23.4 Å². The van der Waals surface area contributed by atoms with Gasteiger partial charge in [-0.25, -0.2) is 13.2 Å². The smallest absolute Gasteiger partial charge is 0.303 e. The first-order valence-corrected chi connectivity index (χ1v) is 4.61. The molecule has 0 aliphatic rings. The van der Waals surface area contributed by atoms with Crippen LogP contribution in [-0.4, -0.2) is 17.6 Å². The summed E-state index contributed by atoms with van der Waals surface area (Å²) in [5, 5.41) is 10.8. The van der Waals surface area contributed by atoms with Crippen LogP contribution in [0.15, 0.2) is 12.1 Å². The van der Waals surface area contributed by atoms with Gasteiger partial charge in [0.2, 0.25) is 0 Å². The highest BCUT2D eigenvalue weighted by Crippen LogP contribution is 2.19. The molecule has 0 fully saturated rings. The van der Waals surface area contributed by atoms with E-state index in [4.69, 9.17) is 5.11 Å². The van der Waals surface area contributed by atoms with E-state index in [1.165, 1.54) is 0 Å². The van der Waals surface area contributed by atoms with Gasteiger partial charge >= 0.3 is 5.97 Å². The molecule has 1 aromatic carbocycles. The predicted octanol–water partition coefficient (Wildman–Crippen LogP) is 2.38. The molecule has 2 N–H and O–H groups in total. The zero-order chi connectivity index (χ0) is 12.1. The maximum Gasteiger partial charge on any atom is 0.303 e. The third-order valence-corrected chi connectivity index (χ3v) is 1.92. The second kappa shape index (κ2) is 5.39. The van der Waals surface area contributed by atoms with Crippen LogP contribution in [0.3, 0.4) is 0 Å². The SMILES string of the molecule is O=C(O)CCCNc1ccc(F)c(F)c1F. The summed E-state index contributed by atoms with van der Waals surface area (Å²) in [5.41, 5.74) is -0.177. The molecular formula is C10H10F3NO2. The normalized spacial score (nSPS) is 10.2. The lowest BCUT2D eigenvalue weighted by Crippen LogP contribution is -2.07. The summed E-state index contributed by atoms with van der Waals surface area (Å²) < 4.78 is 38.3. The maximum atomic E-state index is 13.1. The molecule has 6 heteroatoms. The van der Waals surface area contributed by atoms with Crippen molar-refractivity contribution in [3.63, 3.8) is 0 Å². The number of hydrogen-bond donors (Lipinski definition) is 2. The minimum Gasteiger partial charge on any atom is -0.481 e. The Morgan fingerprint density at radius 3 is 2.56 bits per heavy atom. The molecule has 0 heterocycles. The fraction of sp³-hybridized carbons (Fsp3) is 0.300. The van der Waals surface area contributed by atoms with Crippen molar-refractivity contribution in [2.24, 2.45) is 0 Å². The molecule has 0 unspecified atom stereocenters. The maximum absolute atomic E-state index is 13.1. The Hall–Kier alpha value is -1.72. The summed E-state index contributed by atoms with van der Waals surface area (Å²) in [6, 6.07) is 1.87. The van der Waals surface area contributed by atoms with E-state index in [2.05, 4.69) is 5.32 Å². The van der Waals surface area contributed by atoms with E-state index in [0.29, 0.717) is 0 Å². The molecule has 0 bridgehead atoms. The van der Waals surface area contributed by atoms with Crippen molar-refractivity contribution < 1.29 is 23.1 Å². The lowest BCUT2D eigenvalue weighted by Gasteiger charge is -2.07. The summed E-state index contributed by atoms with van der Waals surface area (Å²) in [7, 11) is 0. The molecule has 0 aromatic heterocycles. The zero-order valence-electron chi connectivity index (χ0n) is 8.27. The molecule has 16 heavy (non-hydrogen) atoms. The van der Waals surface area contributed by atoms with Gasteiger partial charge in [-0.3, -0.25) is 4.79 Å². The fourth-order valence-electron chi connectivity index (χ4n) is 1.13. The van der Waals surface area contributed by atoms with Crippen LogP contribution >= 0.6 is 0 Å². The van der Waals surface area contributed by atoms with Gasteiger partial charge in [0, 0.05) is 13.0 Å². The van der Waals surface area contributed by atoms with Crippen molar-refractivity contribution in [2.75, 3.05) is 11.9 Å². The van der Waals surface area contributed by atoms with Crippen molar-refractivity contribution in [3.8, 4) is 0 Å². The van der Waals surface area contributed by atoms with Crippen LogP contribution in [0.25, 0.3) is 0 Å². The average molecular weight is 233 g/mol. The Kier molecular flexibility index (Phi) is 4.16. The molecule has 1 aromatic rings. The van der Waals surface area contributed by atoms with Crippen molar-refractivity contribution in [2.45, 2.75) is 12.8 Å². The first kappa shape index (κ1) is 12.4. The Morgan fingerprint density at radius 1 is 1.25 bits per heavy atom. The standard InChI is InChI=1S/C10H10F3NO2/c11-6-3-4-7(10(13)9(6)12)14-5-1-2-8(15)16/h3-4,14H,1-2,5H2,(H,15,16). The zero-order valence-corrected chi connectivity index (χ0v) is 8.27. The van der Waals surface area contributed by atoms with Gasteiger partial charge in [0.1, 0.15) is 0 Å². The lowest BCUT2D eigenvalue weighted by atomic mass is 10.2. The van der Waals surface area contributed by atoms with E-state index in [9.17, 15) is 18.0 Å². The van der Waals surface area contributed by atoms with Gasteiger partial charge < -0.3 is 10.4 Å². The summed E-state index contributed by atoms with van der Waals surface area (Å²) in [6.07, 6.45) is 0.200. The number of hydrogen-bond acceptors (Lipinski definition) is 2. The highest BCUT2D eigenvalue weighted by atomic mass is 19.2. The van der Waals surface area contributed by atoms with E-state index in [1.807, 2.05) is 0 Å². The Balaban J connectivity index is 2.55. The summed E-state index contributed by atoms with van der Waals surface area (Å²) in [6.45, 7) is 0.175. The van der Waals surface area contributed by atoms with Crippen LogP contribution in [0, 0.1) is 17.5 Å². The molecular weight excluding hydrogens is 223 g/mol. The number of rotatable bonds is 5. The molecule has 0 saturated carbocycles. The Bertz CT molecular complexity index is 396. The number of aliphatic carboxylic acids is 1. The minimum atomic E-state index is -1.54. The van der Waals surface area contributed by atoms with Crippen LogP contribution in [0.5, 0.6) is 0 Å². The third-order valence-electron chi connectivity index (χ3n) is 1.92. The van der Waals surface area contributed by atoms with E-state index in [1.54, 1.807) is 0 Å². The molecule has 1 rings (SSSR count). The quantitative estimate of drug-likeness (QED) is 0.606. The Labute approximate surface area is 89.9 Å². The number of carboxylic acid groups (broad SMARTS) is 1. The highest BCUT2D eigenvalue weighted by molar-refractivity contribution is 5.66. The van der Waals surface area contributed by atoms with Crippen LogP contribution < -0.4 is 5.32 Å².